The molecule has 114 valence electrons. The van der Waals surface area contributed by atoms with Crippen molar-refractivity contribution in [3.63, 3.8) is 0 Å². The second kappa shape index (κ2) is 6.95. The lowest BCUT2D eigenvalue weighted by Gasteiger charge is -2.14. The average Bonchev–Trinajstić information content (AvgIpc) is 3.29. The van der Waals surface area contributed by atoms with Crippen LogP contribution in [0.4, 0.5) is 0 Å². The summed E-state index contributed by atoms with van der Waals surface area (Å²) in [6.07, 6.45) is 1.63. The Morgan fingerprint density at radius 3 is 2.87 bits per heavy atom. The molecule has 3 rings (SSSR count). The highest BCUT2D eigenvalue weighted by atomic mass is 32.1. The van der Waals surface area contributed by atoms with Gasteiger partial charge in [0.05, 0.1) is 23.8 Å². The van der Waals surface area contributed by atoms with E-state index < -0.39 is 0 Å². The van der Waals surface area contributed by atoms with Gasteiger partial charge in [-0.1, -0.05) is 12.1 Å². The quantitative estimate of drug-likeness (QED) is 0.777. The topological polar surface area (TPSA) is 66.0 Å². The molecule has 0 bridgehead atoms. The first-order chi connectivity index (χ1) is 11.3. The first-order valence-corrected chi connectivity index (χ1v) is 8.01. The Balaban J connectivity index is 1.74. The Kier molecular flexibility index (Phi) is 4.55. The van der Waals surface area contributed by atoms with Crippen molar-refractivity contribution >= 4 is 17.2 Å². The summed E-state index contributed by atoms with van der Waals surface area (Å²) in [6, 6.07) is 16.5. The molecule has 0 aliphatic rings. The van der Waals surface area contributed by atoms with Gasteiger partial charge in [0.1, 0.15) is 5.76 Å². The number of nitrogens with zero attached hydrogens (tertiary/aromatic N) is 1. The number of carbonyl (C=O) groups excluding carboxylic acids is 1. The number of carbonyl (C=O) groups is 1. The van der Waals surface area contributed by atoms with Crippen LogP contribution < -0.4 is 5.32 Å². The minimum Gasteiger partial charge on any atom is -0.469 e. The Bertz CT molecular complexity index is 783. The van der Waals surface area contributed by atoms with Gasteiger partial charge in [0.15, 0.2) is 0 Å². The molecule has 0 spiro atoms. The van der Waals surface area contributed by atoms with Gasteiger partial charge in [-0.3, -0.25) is 4.79 Å². The van der Waals surface area contributed by atoms with Crippen LogP contribution in [0.5, 0.6) is 0 Å². The molecule has 2 aromatic heterocycles. The molecule has 0 saturated carbocycles. The van der Waals surface area contributed by atoms with Crippen molar-refractivity contribution in [3.8, 4) is 6.07 Å². The summed E-state index contributed by atoms with van der Waals surface area (Å²) in [5, 5.41) is 13.8. The molecule has 4 nitrogen and oxygen atoms in total. The van der Waals surface area contributed by atoms with Crippen molar-refractivity contribution < 1.29 is 9.21 Å². The predicted molar refractivity (Wildman–Crippen MR) is 88.4 cm³/mol. The van der Waals surface area contributed by atoms with E-state index >= 15 is 0 Å². The number of rotatable bonds is 5. The molecule has 0 aliphatic heterocycles. The van der Waals surface area contributed by atoms with Gasteiger partial charge in [-0.25, -0.2) is 0 Å². The van der Waals surface area contributed by atoms with Gasteiger partial charge in [-0.05, 0) is 41.8 Å². The maximum Gasteiger partial charge on any atom is 0.251 e. The predicted octanol–water partition coefficient (Wildman–Crippen LogP) is 3.77. The standard InChI is InChI=1S/C18H14N2O2S/c19-11-13-4-1-5-14(10-13)18(21)20-12-15(16-6-2-8-22-16)17-7-3-9-23-17/h1-10,15H,12H2,(H,20,21)/t15-/m1/s1. The molecular weight excluding hydrogens is 308 g/mol. The van der Waals surface area contributed by atoms with Crippen LogP contribution in [-0.4, -0.2) is 12.5 Å². The highest BCUT2D eigenvalue weighted by Crippen LogP contribution is 2.28. The van der Waals surface area contributed by atoms with Gasteiger partial charge in [0.25, 0.3) is 5.91 Å². The highest BCUT2D eigenvalue weighted by molar-refractivity contribution is 7.10. The smallest absolute Gasteiger partial charge is 0.251 e. The zero-order valence-electron chi connectivity index (χ0n) is 12.2. The number of hydrogen-bond acceptors (Lipinski definition) is 4. The molecule has 1 aromatic carbocycles. The van der Waals surface area contributed by atoms with Crippen molar-refractivity contribution in [1.29, 1.82) is 5.26 Å². The number of nitrogens with one attached hydrogen (secondary N) is 1. The Hall–Kier alpha value is -2.84. The molecule has 1 amide bonds. The van der Waals surface area contributed by atoms with E-state index in [0.29, 0.717) is 17.7 Å². The monoisotopic (exact) mass is 322 g/mol. The molecular formula is C18H14N2O2S. The number of amides is 1. The van der Waals surface area contributed by atoms with Gasteiger partial charge in [-0.2, -0.15) is 5.26 Å². The van der Waals surface area contributed by atoms with Gasteiger partial charge in [-0.15, -0.1) is 11.3 Å². The van der Waals surface area contributed by atoms with Crippen molar-refractivity contribution in [2.24, 2.45) is 0 Å². The van der Waals surface area contributed by atoms with E-state index in [1.54, 1.807) is 41.9 Å². The van der Waals surface area contributed by atoms with Crippen molar-refractivity contribution in [2.75, 3.05) is 6.54 Å². The molecule has 0 saturated heterocycles. The third kappa shape index (κ3) is 3.50. The molecule has 0 fully saturated rings. The van der Waals surface area contributed by atoms with Crippen LogP contribution in [-0.2, 0) is 0 Å². The van der Waals surface area contributed by atoms with Crippen LogP contribution in [0.1, 0.15) is 32.5 Å². The second-order valence-electron chi connectivity index (χ2n) is 4.99. The lowest BCUT2D eigenvalue weighted by atomic mass is 10.0. The zero-order valence-corrected chi connectivity index (χ0v) is 13.0. The van der Waals surface area contributed by atoms with Crippen LogP contribution in [0.25, 0.3) is 0 Å². The molecule has 5 heteroatoms. The first kappa shape index (κ1) is 15.1. The van der Waals surface area contributed by atoms with E-state index in [1.807, 2.05) is 35.7 Å². The minimum atomic E-state index is -0.199. The van der Waals surface area contributed by atoms with Crippen molar-refractivity contribution in [2.45, 2.75) is 5.92 Å². The van der Waals surface area contributed by atoms with Gasteiger partial charge in [0, 0.05) is 17.0 Å². The maximum atomic E-state index is 12.3. The van der Waals surface area contributed by atoms with Crippen molar-refractivity contribution in [1.82, 2.24) is 5.32 Å². The summed E-state index contributed by atoms with van der Waals surface area (Å²) >= 11 is 1.63. The molecule has 1 atom stereocenters. The minimum absolute atomic E-state index is 0.0203. The van der Waals surface area contributed by atoms with E-state index in [2.05, 4.69) is 5.32 Å². The molecule has 3 aromatic rings. The van der Waals surface area contributed by atoms with Crippen LogP contribution in [0.15, 0.2) is 64.6 Å². The average molecular weight is 322 g/mol. The number of furan rings is 1. The summed E-state index contributed by atoms with van der Waals surface area (Å²) in [5.41, 5.74) is 0.951. The van der Waals surface area contributed by atoms with Gasteiger partial charge < -0.3 is 9.73 Å². The number of thiophene rings is 1. The highest BCUT2D eigenvalue weighted by Gasteiger charge is 2.19. The fraction of sp³-hybridized carbons (Fsp3) is 0.111. The third-order valence-electron chi connectivity index (χ3n) is 3.49. The summed E-state index contributed by atoms with van der Waals surface area (Å²) in [4.78, 5) is 13.4. The van der Waals surface area contributed by atoms with Gasteiger partial charge in [0.2, 0.25) is 0 Å². The third-order valence-corrected chi connectivity index (χ3v) is 4.48. The molecule has 0 unspecified atom stereocenters. The molecule has 23 heavy (non-hydrogen) atoms. The summed E-state index contributed by atoms with van der Waals surface area (Å²) < 4.78 is 5.51. The largest absolute Gasteiger partial charge is 0.469 e. The maximum absolute atomic E-state index is 12.3. The SMILES string of the molecule is N#Cc1cccc(C(=O)NC[C@H](c2ccco2)c2cccs2)c1. The number of nitriles is 1. The summed E-state index contributed by atoms with van der Waals surface area (Å²) in [6.45, 7) is 0.434. The summed E-state index contributed by atoms with van der Waals surface area (Å²) in [7, 11) is 0. The second-order valence-corrected chi connectivity index (χ2v) is 5.97. The lowest BCUT2D eigenvalue weighted by molar-refractivity contribution is 0.0952. The van der Waals surface area contributed by atoms with Crippen molar-refractivity contribution in [3.05, 3.63) is 81.9 Å². The van der Waals surface area contributed by atoms with Crippen LogP contribution in [0.3, 0.4) is 0 Å². The number of hydrogen-bond donors (Lipinski definition) is 1. The van der Waals surface area contributed by atoms with Crippen LogP contribution >= 0.6 is 11.3 Å². The molecule has 0 aliphatic carbocycles. The molecule has 1 N–H and O–H groups in total. The summed E-state index contributed by atoms with van der Waals surface area (Å²) in [5.74, 6) is 0.599. The van der Waals surface area contributed by atoms with Gasteiger partial charge >= 0.3 is 0 Å². The Morgan fingerprint density at radius 2 is 2.17 bits per heavy atom. The molecule has 2 heterocycles. The normalized spacial score (nSPS) is 11.6. The van der Waals surface area contributed by atoms with Crippen LogP contribution in [0.2, 0.25) is 0 Å². The van der Waals surface area contributed by atoms with E-state index in [0.717, 1.165) is 10.6 Å². The fourth-order valence-electron chi connectivity index (χ4n) is 2.35. The van der Waals surface area contributed by atoms with E-state index in [4.69, 9.17) is 9.68 Å². The van der Waals surface area contributed by atoms with E-state index in [1.165, 1.54) is 0 Å². The lowest BCUT2D eigenvalue weighted by Crippen LogP contribution is -2.28. The number of benzene rings is 1. The van der Waals surface area contributed by atoms with Crippen LogP contribution in [0, 0.1) is 11.3 Å². The van der Waals surface area contributed by atoms with E-state index in [9.17, 15) is 4.79 Å². The fourth-order valence-corrected chi connectivity index (χ4v) is 3.18. The molecule has 0 radical (unpaired) electrons. The first-order valence-electron chi connectivity index (χ1n) is 7.13. The Labute approximate surface area is 138 Å². The zero-order chi connectivity index (χ0) is 16.1. The Morgan fingerprint density at radius 1 is 1.26 bits per heavy atom. The van der Waals surface area contributed by atoms with E-state index in [-0.39, 0.29) is 11.8 Å².